The van der Waals surface area contributed by atoms with Gasteiger partial charge in [0.15, 0.2) is 0 Å². The first kappa shape index (κ1) is 14.4. The number of hydrogen-bond donors (Lipinski definition) is 1. The Balaban J connectivity index is 1.74. The van der Waals surface area contributed by atoms with Crippen LogP contribution in [0.5, 0.6) is 0 Å². The molecule has 1 N–H and O–H groups in total. The van der Waals surface area contributed by atoms with Crippen molar-refractivity contribution in [2.24, 2.45) is 0 Å². The first-order valence-electron chi connectivity index (χ1n) is 6.83. The topological polar surface area (TPSA) is 24.9 Å². The zero-order chi connectivity index (χ0) is 13.0. The van der Waals surface area contributed by atoms with Crippen molar-refractivity contribution in [3.63, 3.8) is 0 Å². The van der Waals surface area contributed by atoms with Crippen LogP contribution in [0.15, 0.2) is 5.38 Å². The predicted molar refractivity (Wildman–Crippen MR) is 82.6 cm³/mol. The second-order valence-corrected chi connectivity index (χ2v) is 8.28. The molecule has 1 saturated heterocycles. The second-order valence-electron chi connectivity index (χ2n) is 6.01. The van der Waals surface area contributed by atoms with Crippen LogP contribution >= 0.6 is 23.1 Å². The zero-order valence-electron chi connectivity index (χ0n) is 11.7. The molecule has 1 aliphatic rings. The summed E-state index contributed by atoms with van der Waals surface area (Å²) < 4.78 is 0. The van der Waals surface area contributed by atoms with Crippen molar-refractivity contribution in [2.45, 2.75) is 57.2 Å². The summed E-state index contributed by atoms with van der Waals surface area (Å²) in [4.78, 5) is 4.71. The van der Waals surface area contributed by atoms with Crippen molar-refractivity contribution >= 4 is 23.1 Å². The van der Waals surface area contributed by atoms with Crippen molar-refractivity contribution in [2.75, 3.05) is 12.3 Å². The Bertz CT molecular complexity index is 362. The summed E-state index contributed by atoms with van der Waals surface area (Å²) in [7, 11) is 0. The van der Waals surface area contributed by atoms with Gasteiger partial charge < -0.3 is 5.32 Å². The molecular formula is C14H24N2S2. The highest BCUT2D eigenvalue weighted by Crippen LogP contribution is 2.26. The van der Waals surface area contributed by atoms with E-state index in [9.17, 15) is 0 Å². The Morgan fingerprint density at radius 2 is 2.22 bits per heavy atom. The van der Waals surface area contributed by atoms with Crippen molar-refractivity contribution in [3.8, 4) is 0 Å². The van der Waals surface area contributed by atoms with E-state index in [0.717, 1.165) is 18.3 Å². The number of aromatic nitrogens is 1. The van der Waals surface area contributed by atoms with Gasteiger partial charge in [-0.25, -0.2) is 4.98 Å². The minimum absolute atomic E-state index is 0.183. The van der Waals surface area contributed by atoms with Crippen LogP contribution < -0.4 is 5.32 Å². The van der Waals surface area contributed by atoms with Crippen molar-refractivity contribution < 1.29 is 0 Å². The van der Waals surface area contributed by atoms with E-state index < -0.39 is 0 Å². The molecule has 18 heavy (non-hydrogen) atoms. The number of thiazole rings is 1. The van der Waals surface area contributed by atoms with Crippen LogP contribution in [0.4, 0.5) is 0 Å². The molecule has 1 fully saturated rings. The minimum Gasteiger partial charge on any atom is -0.310 e. The third-order valence-corrected chi connectivity index (χ3v) is 5.86. The fourth-order valence-corrected chi connectivity index (χ4v) is 4.24. The lowest BCUT2D eigenvalue weighted by Crippen LogP contribution is -2.26. The summed E-state index contributed by atoms with van der Waals surface area (Å²) >= 11 is 3.91. The maximum Gasteiger partial charge on any atom is 0.0982 e. The highest BCUT2D eigenvalue weighted by Gasteiger charge is 2.18. The summed E-state index contributed by atoms with van der Waals surface area (Å²) in [6, 6.07) is 0. The molecule has 2 nitrogen and oxygen atoms in total. The summed E-state index contributed by atoms with van der Waals surface area (Å²) in [5, 5.41) is 7.82. The molecular weight excluding hydrogens is 260 g/mol. The van der Waals surface area contributed by atoms with Crippen LogP contribution in [-0.4, -0.2) is 22.5 Å². The van der Waals surface area contributed by atoms with Gasteiger partial charge in [0.25, 0.3) is 0 Å². The molecule has 1 atom stereocenters. The van der Waals surface area contributed by atoms with Gasteiger partial charge in [-0.3, -0.25) is 0 Å². The first-order valence-corrected chi connectivity index (χ1v) is 8.76. The smallest absolute Gasteiger partial charge is 0.0982 e. The van der Waals surface area contributed by atoms with Crippen molar-refractivity contribution in [3.05, 3.63) is 16.1 Å². The highest BCUT2D eigenvalue weighted by molar-refractivity contribution is 7.99. The van der Waals surface area contributed by atoms with E-state index in [-0.39, 0.29) is 5.41 Å². The van der Waals surface area contributed by atoms with Gasteiger partial charge in [0.1, 0.15) is 0 Å². The van der Waals surface area contributed by atoms with Crippen LogP contribution in [0.2, 0.25) is 0 Å². The van der Waals surface area contributed by atoms with Gasteiger partial charge in [-0.1, -0.05) is 27.2 Å². The van der Waals surface area contributed by atoms with Gasteiger partial charge >= 0.3 is 0 Å². The Morgan fingerprint density at radius 1 is 1.39 bits per heavy atom. The number of nitrogens with zero attached hydrogens (tertiary/aromatic N) is 1. The molecule has 0 radical (unpaired) electrons. The molecule has 1 aliphatic heterocycles. The average molecular weight is 284 g/mol. The second kappa shape index (κ2) is 6.40. The number of nitrogens with one attached hydrogen (secondary N) is 1. The summed E-state index contributed by atoms with van der Waals surface area (Å²) in [6.45, 7) is 8.72. The molecule has 4 heteroatoms. The van der Waals surface area contributed by atoms with Crippen LogP contribution in [0.25, 0.3) is 0 Å². The lowest BCUT2D eigenvalue weighted by molar-refractivity contribution is 0.573. The maximum absolute atomic E-state index is 4.71. The molecule has 2 heterocycles. The van der Waals surface area contributed by atoms with Gasteiger partial charge in [0, 0.05) is 29.1 Å². The summed E-state index contributed by atoms with van der Waals surface area (Å²) in [5.74, 6) is 1.34. The van der Waals surface area contributed by atoms with E-state index in [1.165, 1.54) is 35.7 Å². The van der Waals surface area contributed by atoms with Gasteiger partial charge in [0.2, 0.25) is 0 Å². The standard InChI is InChI=1S/C14H24N2S2/c1-14(2,3)13-16-11(10-18-13)8-15-9-12-6-4-5-7-17-12/h10,12,15H,4-9H2,1-3H3. The molecule has 1 unspecified atom stereocenters. The van der Waals surface area contributed by atoms with Gasteiger partial charge in [0.05, 0.1) is 10.7 Å². The maximum atomic E-state index is 4.71. The van der Waals surface area contributed by atoms with Crippen LogP contribution in [0.3, 0.4) is 0 Å². The van der Waals surface area contributed by atoms with Crippen molar-refractivity contribution in [1.29, 1.82) is 0 Å². The molecule has 0 aromatic carbocycles. The van der Waals surface area contributed by atoms with E-state index in [2.05, 4.69) is 43.2 Å². The van der Waals surface area contributed by atoms with Crippen LogP contribution in [0, 0.1) is 0 Å². The average Bonchev–Trinajstić information content (AvgIpc) is 2.79. The van der Waals surface area contributed by atoms with Gasteiger partial charge in [-0.15, -0.1) is 11.3 Å². The van der Waals surface area contributed by atoms with E-state index >= 15 is 0 Å². The third-order valence-electron chi connectivity index (χ3n) is 3.15. The fraction of sp³-hybridized carbons (Fsp3) is 0.786. The lowest BCUT2D eigenvalue weighted by atomic mass is 9.98. The number of hydrogen-bond acceptors (Lipinski definition) is 4. The Kier molecular flexibility index (Phi) is 5.10. The monoisotopic (exact) mass is 284 g/mol. The zero-order valence-corrected chi connectivity index (χ0v) is 13.3. The molecule has 0 aliphatic carbocycles. The largest absolute Gasteiger partial charge is 0.310 e. The molecule has 0 bridgehead atoms. The SMILES string of the molecule is CC(C)(C)c1nc(CNCC2CCCCS2)cs1. The normalized spacial score (nSPS) is 21.2. The van der Waals surface area contributed by atoms with Gasteiger partial charge in [-0.2, -0.15) is 11.8 Å². The number of thioether (sulfide) groups is 1. The van der Waals surface area contributed by atoms with Crippen LogP contribution in [0.1, 0.15) is 50.7 Å². The molecule has 102 valence electrons. The van der Waals surface area contributed by atoms with Crippen LogP contribution in [-0.2, 0) is 12.0 Å². The molecule has 1 aromatic heterocycles. The Morgan fingerprint density at radius 3 is 2.83 bits per heavy atom. The lowest BCUT2D eigenvalue weighted by Gasteiger charge is -2.21. The quantitative estimate of drug-likeness (QED) is 0.910. The first-order chi connectivity index (χ1) is 8.55. The molecule has 1 aromatic rings. The van der Waals surface area contributed by atoms with E-state index in [1.54, 1.807) is 11.3 Å². The van der Waals surface area contributed by atoms with E-state index in [0.29, 0.717) is 0 Å². The fourth-order valence-electron chi connectivity index (χ4n) is 2.06. The third kappa shape index (κ3) is 4.25. The Labute approximate surface area is 119 Å². The molecule has 0 saturated carbocycles. The molecule has 2 rings (SSSR count). The van der Waals surface area contributed by atoms with E-state index in [1.807, 2.05) is 0 Å². The molecule has 0 spiro atoms. The van der Waals surface area contributed by atoms with Gasteiger partial charge in [-0.05, 0) is 18.6 Å². The summed E-state index contributed by atoms with van der Waals surface area (Å²) in [5.41, 5.74) is 1.38. The number of rotatable bonds is 4. The minimum atomic E-state index is 0.183. The predicted octanol–water partition coefficient (Wildman–Crippen LogP) is 3.82. The molecule has 0 amide bonds. The van der Waals surface area contributed by atoms with E-state index in [4.69, 9.17) is 4.98 Å². The summed E-state index contributed by atoms with van der Waals surface area (Å²) in [6.07, 6.45) is 4.19. The highest BCUT2D eigenvalue weighted by atomic mass is 32.2. The van der Waals surface area contributed by atoms with Crippen molar-refractivity contribution in [1.82, 2.24) is 10.3 Å². The Hall–Kier alpha value is -0.0600.